The van der Waals surface area contributed by atoms with E-state index in [1.54, 1.807) is 9.80 Å². The van der Waals surface area contributed by atoms with Crippen molar-refractivity contribution in [1.82, 2.24) is 9.80 Å². The number of carbonyl (C=O) groups is 2. The second-order valence-electron chi connectivity index (χ2n) is 9.12. The number of cyclic esters (lactones) is 1. The van der Waals surface area contributed by atoms with Crippen LogP contribution in [-0.4, -0.2) is 63.5 Å². The molecule has 2 unspecified atom stereocenters. The molecule has 3 rings (SSSR count). The summed E-state index contributed by atoms with van der Waals surface area (Å²) in [4.78, 5) is 27.6. The predicted molar refractivity (Wildman–Crippen MR) is 109 cm³/mol. The molecule has 1 aromatic rings. The molecule has 29 heavy (non-hydrogen) atoms. The predicted octanol–water partition coefficient (Wildman–Crippen LogP) is 3.88. The molecule has 2 aliphatic heterocycles. The van der Waals surface area contributed by atoms with Crippen molar-refractivity contribution >= 4 is 12.2 Å². The summed E-state index contributed by atoms with van der Waals surface area (Å²) in [6.07, 6.45) is 0.867. The molecule has 2 saturated heterocycles. The van der Waals surface area contributed by atoms with Gasteiger partial charge >= 0.3 is 12.2 Å². The first-order chi connectivity index (χ1) is 13.7. The van der Waals surface area contributed by atoms with Crippen LogP contribution in [0.25, 0.3) is 0 Å². The van der Waals surface area contributed by atoms with Crippen molar-refractivity contribution in [1.29, 1.82) is 0 Å². The first-order valence-electron chi connectivity index (χ1n) is 10.3. The van der Waals surface area contributed by atoms with E-state index in [2.05, 4.69) is 20.8 Å². The summed E-state index contributed by atoms with van der Waals surface area (Å²) in [5.41, 5.74) is -0.123. The maximum Gasteiger partial charge on any atom is 0.410 e. The lowest BCUT2D eigenvalue weighted by Gasteiger charge is -2.54. The number of ether oxygens (including phenoxy) is 1. The summed E-state index contributed by atoms with van der Waals surface area (Å²) in [7, 11) is 0. The van der Waals surface area contributed by atoms with Crippen LogP contribution in [0.5, 0.6) is 0 Å². The molecule has 2 fully saturated rings. The molecule has 0 aromatic heterocycles. The Morgan fingerprint density at radius 3 is 2.59 bits per heavy atom. The number of hydrogen-bond donors (Lipinski definition) is 2. The molecule has 0 radical (unpaired) electrons. The number of amides is 2. The number of piperidine rings is 1. The first-order valence-corrected chi connectivity index (χ1v) is 10.3. The number of nitrogens with zero attached hydrogens (tertiary/aromatic N) is 2. The van der Waals surface area contributed by atoms with Gasteiger partial charge in [-0.3, -0.25) is 4.90 Å². The summed E-state index contributed by atoms with van der Waals surface area (Å²) >= 11 is 0. The largest absolute Gasteiger partial charge is 0.465 e. The van der Waals surface area contributed by atoms with Gasteiger partial charge in [0.05, 0.1) is 11.6 Å². The molecule has 2 aliphatic rings. The molecule has 7 nitrogen and oxygen atoms in total. The minimum atomic E-state index is -0.913. The molecule has 0 spiro atoms. The summed E-state index contributed by atoms with van der Waals surface area (Å²) in [6.45, 7) is 7.16. The number of aliphatic hydroxyl groups is 1. The Balaban J connectivity index is 1.82. The fourth-order valence-corrected chi connectivity index (χ4v) is 4.89. The molecule has 0 saturated carbocycles. The van der Waals surface area contributed by atoms with E-state index in [1.807, 2.05) is 30.3 Å². The zero-order chi connectivity index (χ0) is 21.2. The Morgan fingerprint density at radius 2 is 1.97 bits per heavy atom. The Hall–Kier alpha value is -2.28. The average molecular weight is 405 g/mol. The van der Waals surface area contributed by atoms with Crippen molar-refractivity contribution in [3.8, 4) is 0 Å². The lowest BCUT2D eigenvalue weighted by atomic mass is 9.66. The van der Waals surface area contributed by atoms with Gasteiger partial charge in [0.1, 0.15) is 12.7 Å². The van der Waals surface area contributed by atoms with Crippen molar-refractivity contribution in [3.63, 3.8) is 0 Å². The minimum Gasteiger partial charge on any atom is -0.465 e. The van der Waals surface area contributed by atoms with Crippen molar-refractivity contribution in [2.24, 2.45) is 5.41 Å². The number of hydrogen-bond acceptors (Lipinski definition) is 4. The van der Waals surface area contributed by atoms with Gasteiger partial charge in [-0.15, -0.1) is 0 Å². The first kappa shape index (κ1) is 21.4. The molecule has 3 atom stereocenters. The maximum atomic E-state index is 12.4. The van der Waals surface area contributed by atoms with Crippen molar-refractivity contribution in [3.05, 3.63) is 35.9 Å². The standard InChI is InChI=1S/C22H32N2O5/c1-21(2,3)22(11-7-8-13-24(22)19(26)27)12-14-23-17(15-29-20(23)28)18(25)16-9-5-4-6-10-16/h4-6,9-10,17-18,25H,7-8,11-15H2,1-3H3,(H,26,27)/t17-,18?,22?/m0/s1. The van der Waals surface area contributed by atoms with Crippen LogP contribution in [0.4, 0.5) is 9.59 Å². The quantitative estimate of drug-likeness (QED) is 0.777. The summed E-state index contributed by atoms with van der Waals surface area (Å²) < 4.78 is 5.25. The van der Waals surface area contributed by atoms with Crippen LogP contribution in [0.1, 0.15) is 58.1 Å². The van der Waals surface area contributed by atoms with Crippen LogP contribution in [0, 0.1) is 5.41 Å². The third-order valence-corrected chi connectivity index (χ3v) is 6.65. The minimum absolute atomic E-state index is 0.125. The molecular formula is C22H32N2O5. The van der Waals surface area contributed by atoms with Crippen LogP contribution in [-0.2, 0) is 4.74 Å². The van der Waals surface area contributed by atoms with Gasteiger partial charge in [-0.1, -0.05) is 51.1 Å². The van der Waals surface area contributed by atoms with E-state index in [1.165, 1.54) is 0 Å². The van der Waals surface area contributed by atoms with Crippen LogP contribution < -0.4 is 0 Å². The van der Waals surface area contributed by atoms with Gasteiger partial charge < -0.3 is 19.8 Å². The Labute approximate surface area is 172 Å². The molecular weight excluding hydrogens is 372 g/mol. The zero-order valence-corrected chi connectivity index (χ0v) is 17.5. The molecule has 0 aliphatic carbocycles. The highest BCUT2D eigenvalue weighted by Crippen LogP contribution is 2.45. The van der Waals surface area contributed by atoms with E-state index in [-0.39, 0.29) is 12.0 Å². The average Bonchev–Trinajstić information content (AvgIpc) is 3.06. The molecule has 160 valence electrons. The van der Waals surface area contributed by atoms with E-state index in [0.717, 1.165) is 24.8 Å². The van der Waals surface area contributed by atoms with Gasteiger partial charge in [0, 0.05) is 13.1 Å². The van der Waals surface area contributed by atoms with Gasteiger partial charge in [0.15, 0.2) is 0 Å². The van der Waals surface area contributed by atoms with E-state index in [9.17, 15) is 19.8 Å². The topological polar surface area (TPSA) is 90.3 Å². The summed E-state index contributed by atoms with van der Waals surface area (Å²) in [5, 5.41) is 20.7. The third-order valence-electron chi connectivity index (χ3n) is 6.65. The number of benzene rings is 1. The summed E-state index contributed by atoms with van der Waals surface area (Å²) in [5.74, 6) is 0. The second kappa shape index (κ2) is 8.22. The highest BCUT2D eigenvalue weighted by molar-refractivity contribution is 5.70. The second-order valence-corrected chi connectivity index (χ2v) is 9.12. The van der Waals surface area contributed by atoms with Crippen molar-refractivity contribution in [2.45, 2.75) is 64.1 Å². The monoisotopic (exact) mass is 404 g/mol. The van der Waals surface area contributed by atoms with E-state index < -0.39 is 29.9 Å². The van der Waals surface area contributed by atoms with Gasteiger partial charge in [-0.2, -0.15) is 0 Å². The SMILES string of the molecule is CC(C)(C)C1(CCN2C(=O)OC[C@H]2C(O)c2ccccc2)CCCCN1C(=O)O. The van der Waals surface area contributed by atoms with Crippen molar-refractivity contribution in [2.75, 3.05) is 19.7 Å². The Morgan fingerprint density at radius 1 is 1.28 bits per heavy atom. The molecule has 2 amide bonds. The fourth-order valence-electron chi connectivity index (χ4n) is 4.89. The lowest BCUT2D eigenvalue weighted by molar-refractivity contribution is -0.0367. The van der Waals surface area contributed by atoms with Crippen LogP contribution in [0.15, 0.2) is 30.3 Å². The highest BCUT2D eigenvalue weighted by Gasteiger charge is 2.51. The van der Waals surface area contributed by atoms with Crippen LogP contribution in [0.2, 0.25) is 0 Å². The molecule has 0 bridgehead atoms. The molecule has 1 aromatic carbocycles. The zero-order valence-electron chi connectivity index (χ0n) is 17.5. The van der Waals surface area contributed by atoms with Gasteiger partial charge in [-0.25, -0.2) is 9.59 Å². The Bertz CT molecular complexity index is 732. The fraction of sp³-hybridized carbons (Fsp3) is 0.636. The van der Waals surface area contributed by atoms with Crippen LogP contribution in [0.3, 0.4) is 0 Å². The number of carboxylic acid groups (broad SMARTS) is 1. The van der Waals surface area contributed by atoms with E-state index in [4.69, 9.17) is 4.74 Å². The van der Waals surface area contributed by atoms with Gasteiger partial charge in [-0.05, 0) is 36.7 Å². The van der Waals surface area contributed by atoms with Crippen LogP contribution >= 0.6 is 0 Å². The van der Waals surface area contributed by atoms with E-state index >= 15 is 0 Å². The van der Waals surface area contributed by atoms with E-state index in [0.29, 0.717) is 19.5 Å². The normalized spacial score (nSPS) is 26.3. The summed E-state index contributed by atoms with van der Waals surface area (Å²) in [6, 6.07) is 8.75. The number of likely N-dealkylation sites (tertiary alicyclic amines) is 1. The van der Waals surface area contributed by atoms with Gasteiger partial charge in [0.2, 0.25) is 0 Å². The van der Waals surface area contributed by atoms with Gasteiger partial charge in [0.25, 0.3) is 0 Å². The number of aliphatic hydroxyl groups excluding tert-OH is 1. The molecule has 2 N–H and O–H groups in total. The molecule has 7 heteroatoms. The lowest BCUT2D eigenvalue weighted by Crippen LogP contribution is -2.62. The van der Waals surface area contributed by atoms with Crippen molar-refractivity contribution < 1.29 is 24.5 Å². The highest BCUT2D eigenvalue weighted by atomic mass is 16.6. The maximum absolute atomic E-state index is 12.4. The Kier molecular flexibility index (Phi) is 6.08. The third kappa shape index (κ3) is 4.06. The number of rotatable bonds is 5. The smallest absolute Gasteiger partial charge is 0.410 e. The molecule has 2 heterocycles. The number of carbonyl (C=O) groups excluding carboxylic acids is 1.